The molecular formula is C17H18BF4N3O2. The van der Waals surface area contributed by atoms with Crippen LogP contribution >= 0.6 is 0 Å². The molecule has 0 N–H and O–H groups in total. The minimum absolute atomic E-state index is 0.183. The van der Waals surface area contributed by atoms with E-state index in [4.69, 9.17) is 9.31 Å². The molecule has 144 valence electrons. The van der Waals surface area contributed by atoms with Gasteiger partial charge in [0.05, 0.1) is 28.6 Å². The predicted molar refractivity (Wildman–Crippen MR) is 91.5 cm³/mol. The van der Waals surface area contributed by atoms with Gasteiger partial charge in [-0.15, -0.1) is 5.10 Å². The smallest absolute Gasteiger partial charge is 0.398 e. The SMILES string of the molecule is CC1(C)OB(C(F)=Cc2cn(-c3ccc(C(F)(F)F)cc3)nn2)OC1(C)C. The number of hydrogen-bond acceptors (Lipinski definition) is 4. The Hall–Kier alpha value is -2.20. The zero-order valence-electron chi connectivity index (χ0n) is 15.2. The van der Waals surface area contributed by atoms with Crippen LogP contribution in [-0.4, -0.2) is 33.3 Å². The third-order valence-electron chi connectivity index (χ3n) is 4.73. The number of alkyl halides is 3. The van der Waals surface area contributed by atoms with Crippen molar-refractivity contribution in [1.29, 1.82) is 0 Å². The molecule has 0 spiro atoms. The maximum absolute atomic E-state index is 14.5. The molecule has 1 fully saturated rings. The summed E-state index contributed by atoms with van der Waals surface area (Å²) in [4.78, 5) is 0. The highest BCUT2D eigenvalue weighted by molar-refractivity contribution is 6.54. The van der Waals surface area contributed by atoms with Gasteiger partial charge in [-0.3, -0.25) is 0 Å². The van der Waals surface area contributed by atoms with E-state index >= 15 is 0 Å². The van der Waals surface area contributed by atoms with Crippen molar-refractivity contribution in [3.63, 3.8) is 0 Å². The number of hydrogen-bond donors (Lipinski definition) is 0. The fourth-order valence-corrected chi connectivity index (χ4v) is 2.44. The van der Waals surface area contributed by atoms with Crippen LogP contribution in [0, 0.1) is 0 Å². The van der Waals surface area contributed by atoms with Crippen molar-refractivity contribution in [2.24, 2.45) is 0 Å². The molecule has 0 radical (unpaired) electrons. The second-order valence-corrected chi connectivity index (χ2v) is 7.25. The average Bonchev–Trinajstić information content (AvgIpc) is 3.09. The van der Waals surface area contributed by atoms with Gasteiger partial charge in [-0.05, 0) is 58.0 Å². The van der Waals surface area contributed by atoms with Gasteiger partial charge in [0, 0.05) is 0 Å². The van der Waals surface area contributed by atoms with Crippen molar-refractivity contribution in [1.82, 2.24) is 15.0 Å². The summed E-state index contributed by atoms with van der Waals surface area (Å²) in [5.74, 6) is 0. The zero-order valence-corrected chi connectivity index (χ0v) is 15.2. The van der Waals surface area contributed by atoms with Gasteiger partial charge in [0.2, 0.25) is 0 Å². The maximum Gasteiger partial charge on any atom is 0.525 e. The molecule has 1 aliphatic rings. The largest absolute Gasteiger partial charge is 0.525 e. The Labute approximate surface area is 154 Å². The van der Waals surface area contributed by atoms with Crippen LogP contribution in [0.3, 0.4) is 0 Å². The van der Waals surface area contributed by atoms with Gasteiger partial charge in [0.1, 0.15) is 11.4 Å². The van der Waals surface area contributed by atoms with Gasteiger partial charge >= 0.3 is 13.3 Å². The standard InChI is InChI=1S/C17H18BF4N3O2/c1-15(2)16(3,4)27-18(26-15)14(19)9-12-10-25(24-23-12)13-7-5-11(6-8-13)17(20,21)22/h5-10H,1-4H3. The lowest BCUT2D eigenvalue weighted by molar-refractivity contribution is -0.137. The Bertz CT molecular complexity index is 844. The summed E-state index contributed by atoms with van der Waals surface area (Å²) in [7, 11) is -1.16. The number of nitrogens with zero attached hydrogens (tertiary/aromatic N) is 3. The molecule has 10 heteroatoms. The summed E-state index contributed by atoms with van der Waals surface area (Å²) >= 11 is 0. The van der Waals surface area contributed by atoms with Crippen LogP contribution in [0.25, 0.3) is 11.8 Å². The highest BCUT2D eigenvalue weighted by atomic mass is 19.4. The van der Waals surface area contributed by atoms with E-state index in [-0.39, 0.29) is 5.69 Å². The minimum Gasteiger partial charge on any atom is -0.398 e. The van der Waals surface area contributed by atoms with Crippen LogP contribution in [0.1, 0.15) is 39.0 Å². The molecule has 0 atom stereocenters. The van der Waals surface area contributed by atoms with Crippen LogP contribution in [0.2, 0.25) is 0 Å². The fraction of sp³-hybridized carbons (Fsp3) is 0.412. The van der Waals surface area contributed by atoms with Crippen molar-refractivity contribution in [2.75, 3.05) is 0 Å². The van der Waals surface area contributed by atoms with Crippen molar-refractivity contribution < 1.29 is 26.9 Å². The van der Waals surface area contributed by atoms with Crippen molar-refractivity contribution in [3.8, 4) is 5.69 Å². The Kier molecular flexibility index (Phi) is 4.67. The first-order valence-corrected chi connectivity index (χ1v) is 8.22. The molecule has 0 unspecified atom stereocenters. The van der Waals surface area contributed by atoms with Crippen LogP contribution in [0.5, 0.6) is 0 Å². The molecule has 1 aliphatic heterocycles. The molecule has 1 aromatic heterocycles. The van der Waals surface area contributed by atoms with E-state index < -0.39 is 35.8 Å². The van der Waals surface area contributed by atoms with Gasteiger partial charge in [0.25, 0.3) is 0 Å². The molecule has 1 saturated heterocycles. The predicted octanol–water partition coefficient (Wildman–Crippen LogP) is 4.23. The summed E-state index contributed by atoms with van der Waals surface area (Å²) in [6, 6.07) is 4.40. The Morgan fingerprint density at radius 2 is 1.63 bits per heavy atom. The first kappa shape index (κ1) is 19.6. The lowest BCUT2D eigenvalue weighted by Crippen LogP contribution is -2.41. The average molecular weight is 383 g/mol. The lowest BCUT2D eigenvalue weighted by atomic mass is 9.87. The summed E-state index contributed by atoms with van der Waals surface area (Å²) < 4.78 is 64.8. The highest BCUT2D eigenvalue weighted by Gasteiger charge is 2.53. The van der Waals surface area contributed by atoms with E-state index in [0.717, 1.165) is 18.2 Å². The molecule has 5 nitrogen and oxygen atoms in total. The molecule has 0 bridgehead atoms. The third-order valence-corrected chi connectivity index (χ3v) is 4.73. The van der Waals surface area contributed by atoms with E-state index in [1.807, 2.05) is 0 Å². The van der Waals surface area contributed by atoms with Crippen molar-refractivity contribution in [3.05, 3.63) is 47.4 Å². The summed E-state index contributed by atoms with van der Waals surface area (Å²) in [5.41, 5.74) is -2.25. The van der Waals surface area contributed by atoms with Gasteiger partial charge in [-0.25, -0.2) is 9.07 Å². The Morgan fingerprint density at radius 1 is 1.07 bits per heavy atom. The Morgan fingerprint density at radius 3 is 2.15 bits per heavy atom. The fourth-order valence-electron chi connectivity index (χ4n) is 2.44. The number of benzene rings is 1. The van der Waals surface area contributed by atoms with E-state index in [2.05, 4.69) is 10.3 Å². The maximum atomic E-state index is 14.5. The van der Waals surface area contributed by atoms with Crippen molar-refractivity contribution in [2.45, 2.75) is 45.1 Å². The topological polar surface area (TPSA) is 49.2 Å². The lowest BCUT2D eigenvalue weighted by Gasteiger charge is -2.32. The number of halogens is 4. The molecule has 27 heavy (non-hydrogen) atoms. The second kappa shape index (κ2) is 6.45. The van der Waals surface area contributed by atoms with Gasteiger partial charge in [-0.2, -0.15) is 13.2 Å². The third kappa shape index (κ3) is 3.91. The molecule has 0 amide bonds. The first-order chi connectivity index (χ1) is 12.4. The van der Waals surface area contributed by atoms with E-state index in [1.165, 1.54) is 23.0 Å². The molecule has 2 heterocycles. The van der Waals surface area contributed by atoms with Crippen LogP contribution < -0.4 is 0 Å². The Balaban J connectivity index is 1.77. The minimum atomic E-state index is -4.42. The van der Waals surface area contributed by atoms with E-state index in [1.54, 1.807) is 27.7 Å². The van der Waals surface area contributed by atoms with Crippen LogP contribution in [0.4, 0.5) is 17.6 Å². The normalized spacial score (nSPS) is 19.6. The van der Waals surface area contributed by atoms with E-state index in [9.17, 15) is 17.6 Å². The number of aromatic nitrogens is 3. The summed E-state index contributed by atoms with van der Waals surface area (Å²) in [6.45, 7) is 7.23. The van der Waals surface area contributed by atoms with Crippen molar-refractivity contribution >= 4 is 13.2 Å². The molecule has 0 saturated carbocycles. The monoisotopic (exact) mass is 383 g/mol. The zero-order chi connectivity index (χ0) is 20.0. The van der Waals surface area contributed by atoms with Gasteiger partial charge < -0.3 is 9.31 Å². The van der Waals surface area contributed by atoms with E-state index in [0.29, 0.717) is 5.69 Å². The first-order valence-electron chi connectivity index (χ1n) is 8.22. The molecule has 1 aromatic carbocycles. The van der Waals surface area contributed by atoms with Crippen LogP contribution in [-0.2, 0) is 15.5 Å². The van der Waals surface area contributed by atoms with Crippen LogP contribution in [0.15, 0.2) is 36.2 Å². The molecule has 0 aliphatic carbocycles. The highest BCUT2D eigenvalue weighted by Crippen LogP contribution is 2.39. The second-order valence-electron chi connectivity index (χ2n) is 7.25. The van der Waals surface area contributed by atoms with Gasteiger partial charge in [0.15, 0.2) is 0 Å². The molecular weight excluding hydrogens is 365 g/mol. The summed E-state index contributed by atoms with van der Waals surface area (Å²) in [5, 5.41) is 7.62. The molecule has 3 rings (SSSR count). The molecule has 2 aromatic rings. The summed E-state index contributed by atoms with van der Waals surface area (Å²) in [6.07, 6.45) is -1.90. The van der Waals surface area contributed by atoms with Gasteiger partial charge in [-0.1, -0.05) is 5.21 Å². The number of rotatable bonds is 3. The quantitative estimate of drug-likeness (QED) is 0.588.